The number of ether oxygens (including phenoxy) is 2. The SMILES string of the molecule is Cc1cc(C)c(S(=O)(=O)N2[C@H](/C=C/C(=O)OCc3ccccc3)[C@@H]2CCCCNC(=O)OCc2ccccc2Cl)c(C)c1. The van der Waals surface area contributed by atoms with E-state index in [-0.39, 0.29) is 19.3 Å². The van der Waals surface area contributed by atoms with E-state index < -0.39 is 28.1 Å². The second kappa shape index (κ2) is 14.7. The van der Waals surface area contributed by atoms with Gasteiger partial charge in [-0.05, 0) is 56.4 Å². The van der Waals surface area contributed by atoms with E-state index in [4.69, 9.17) is 21.1 Å². The molecule has 1 N–H and O–H groups in total. The Bertz CT molecular complexity index is 1550. The highest BCUT2D eigenvalue weighted by atomic mass is 35.5. The zero-order valence-corrected chi connectivity index (χ0v) is 26.2. The number of sulfonamides is 1. The van der Waals surface area contributed by atoms with Gasteiger partial charge in [-0.2, -0.15) is 4.31 Å². The Morgan fingerprint density at radius 2 is 1.60 bits per heavy atom. The van der Waals surface area contributed by atoms with Crippen LogP contribution < -0.4 is 5.32 Å². The lowest BCUT2D eigenvalue weighted by Crippen LogP contribution is -2.25. The summed E-state index contributed by atoms with van der Waals surface area (Å²) in [6.07, 6.45) is 4.23. The number of halogens is 1. The Labute approximate surface area is 258 Å². The molecule has 1 unspecified atom stereocenters. The van der Waals surface area contributed by atoms with Gasteiger partial charge in [-0.3, -0.25) is 0 Å². The summed E-state index contributed by atoms with van der Waals surface area (Å²) in [5.74, 6) is -0.533. The maximum Gasteiger partial charge on any atom is 0.407 e. The summed E-state index contributed by atoms with van der Waals surface area (Å²) < 4.78 is 39.6. The number of alkyl carbamates (subject to hydrolysis) is 1. The maximum atomic E-state index is 13.8. The number of unbranched alkanes of at least 4 members (excludes halogenated alkanes) is 1. The fourth-order valence-corrected chi connectivity index (χ4v) is 7.63. The van der Waals surface area contributed by atoms with Crippen LogP contribution in [-0.2, 0) is 37.5 Å². The van der Waals surface area contributed by atoms with Gasteiger partial charge in [0.25, 0.3) is 0 Å². The van der Waals surface area contributed by atoms with Gasteiger partial charge in [-0.15, -0.1) is 0 Å². The molecule has 4 rings (SSSR count). The van der Waals surface area contributed by atoms with E-state index in [9.17, 15) is 18.0 Å². The zero-order chi connectivity index (χ0) is 31.0. The summed E-state index contributed by atoms with van der Waals surface area (Å²) in [6.45, 7) is 6.12. The third-order valence-electron chi connectivity index (χ3n) is 7.23. The number of nitrogens with one attached hydrogen (secondary N) is 1. The number of esters is 1. The molecule has 0 aliphatic carbocycles. The lowest BCUT2D eigenvalue weighted by molar-refractivity contribution is -0.139. The summed E-state index contributed by atoms with van der Waals surface area (Å²) in [5.41, 5.74) is 3.95. The van der Waals surface area contributed by atoms with Crippen molar-refractivity contribution in [3.63, 3.8) is 0 Å². The Morgan fingerprint density at radius 1 is 0.930 bits per heavy atom. The highest BCUT2D eigenvalue weighted by Gasteiger charge is 2.54. The summed E-state index contributed by atoms with van der Waals surface area (Å²) in [6, 6.07) is 19.4. The molecular weight excluding hydrogens is 588 g/mol. The molecule has 1 saturated heterocycles. The summed E-state index contributed by atoms with van der Waals surface area (Å²) in [5, 5.41) is 3.25. The van der Waals surface area contributed by atoms with Gasteiger partial charge >= 0.3 is 12.1 Å². The van der Waals surface area contributed by atoms with Gasteiger partial charge in [-0.1, -0.05) is 90.3 Å². The molecule has 1 fully saturated rings. The summed E-state index contributed by atoms with van der Waals surface area (Å²) in [4.78, 5) is 24.8. The summed E-state index contributed by atoms with van der Waals surface area (Å²) >= 11 is 6.10. The normalized spacial score (nSPS) is 17.9. The molecule has 228 valence electrons. The van der Waals surface area contributed by atoms with Crippen molar-refractivity contribution in [2.45, 2.75) is 70.2 Å². The highest BCUT2D eigenvalue weighted by molar-refractivity contribution is 7.89. The van der Waals surface area contributed by atoms with E-state index in [1.54, 1.807) is 38.1 Å². The Kier molecular flexibility index (Phi) is 11.0. The minimum atomic E-state index is -3.81. The third-order valence-corrected chi connectivity index (χ3v) is 9.83. The molecule has 1 aliphatic heterocycles. The number of rotatable bonds is 13. The van der Waals surface area contributed by atoms with Crippen molar-refractivity contribution in [2.24, 2.45) is 0 Å². The number of hydrogen-bond donors (Lipinski definition) is 1. The van der Waals surface area contributed by atoms with Gasteiger partial charge in [0.05, 0.1) is 10.9 Å². The van der Waals surface area contributed by atoms with E-state index in [0.29, 0.717) is 46.9 Å². The van der Waals surface area contributed by atoms with Crippen LogP contribution in [0.5, 0.6) is 0 Å². The second-order valence-electron chi connectivity index (χ2n) is 10.7. The molecule has 0 spiro atoms. The topological polar surface area (TPSA) is 102 Å². The molecule has 8 nitrogen and oxygen atoms in total. The van der Waals surface area contributed by atoms with Crippen LogP contribution in [0, 0.1) is 20.8 Å². The van der Waals surface area contributed by atoms with E-state index in [2.05, 4.69) is 5.32 Å². The van der Waals surface area contributed by atoms with Crippen molar-refractivity contribution >= 4 is 33.7 Å². The van der Waals surface area contributed by atoms with Gasteiger partial charge < -0.3 is 14.8 Å². The molecule has 0 radical (unpaired) electrons. The van der Waals surface area contributed by atoms with Crippen molar-refractivity contribution in [3.8, 4) is 0 Å². The van der Waals surface area contributed by atoms with Gasteiger partial charge in [0.1, 0.15) is 13.2 Å². The predicted molar refractivity (Wildman–Crippen MR) is 166 cm³/mol. The molecule has 3 aromatic carbocycles. The molecule has 0 bridgehead atoms. The van der Waals surface area contributed by atoms with E-state index in [1.165, 1.54) is 10.4 Å². The molecule has 0 aromatic heterocycles. The molecule has 1 aliphatic rings. The minimum absolute atomic E-state index is 0.0695. The molecule has 10 heteroatoms. The first kappa shape index (κ1) is 32.3. The van der Waals surface area contributed by atoms with Crippen LogP contribution in [0.1, 0.15) is 47.1 Å². The first-order valence-corrected chi connectivity index (χ1v) is 16.0. The maximum absolute atomic E-state index is 13.8. The van der Waals surface area contributed by atoms with Crippen LogP contribution in [0.4, 0.5) is 4.79 Å². The Morgan fingerprint density at radius 3 is 2.30 bits per heavy atom. The van der Waals surface area contributed by atoms with Crippen molar-refractivity contribution in [3.05, 3.63) is 112 Å². The van der Waals surface area contributed by atoms with Gasteiger partial charge in [0.15, 0.2) is 0 Å². The quantitative estimate of drug-likeness (QED) is 0.102. The predicted octanol–water partition coefficient (Wildman–Crippen LogP) is 6.40. The van der Waals surface area contributed by atoms with Crippen LogP contribution in [-0.4, -0.2) is 43.4 Å². The smallest absolute Gasteiger partial charge is 0.407 e. The number of carbonyl (C=O) groups is 2. The highest BCUT2D eigenvalue weighted by Crippen LogP contribution is 2.41. The molecule has 1 amide bonds. The molecular formula is C33H37ClN2O6S. The fraction of sp³-hybridized carbons (Fsp3) is 0.333. The van der Waals surface area contributed by atoms with E-state index in [1.807, 2.05) is 55.5 Å². The van der Waals surface area contributed by atoms with Crippen LogP contribution in [0.15, 0.2) is 83.8 Å². The van der Waals surface area contributed by atoms with Gasteiger partial charge in [0.2, 0.25) is 10.0 Å². The number of amides is 1. The largest absolute Gasteiger partial charge is 0.458 e. The monoisotopic (exact) mass is 624 g/mol. The van der Waals surface area contributed by atoms with Crippen molar-refractivity contribution in [1.29, 1.82) is 0 Å². The Hall–Kier alpha value is -3.66. The summed E-state index contributed by atoms with van der Waals surface area (Å²) in [7, 11) is -3.81. The van der Waals surface area contributed by atoms with Gasteiger partial charge in [0, 0.05) is 29.2 Å². The van der Waals surface area contributed by atoms with Crippen molar-refractivity contribution in [1.82, 2.24) is 9.62 Å². The number of benzene rings is 3. The standard InChI is InChI=1S/C33H37ClN2O6S/c1-23-19-24(2)32(25(3)20-23)43(39,40)36-29(30(36)16-17-31(37)41-21-26-11-5-4-6-12-26)15-9-10-18-35-33(38)42-22-27-13-7-8-14-28(27)34/h4-8,11-14,16-17,19-20,29-30H,9-10,15,18,21-22H2,1-3H3,(H,35,38)/b17-16+/t29-,30+,36?/m0/s1. The molecule has 43 heavy (non-hydrogen) atoms. The average molecular weight is 625 g/mol. The van der Waals surface area contributed by atoms with E-state index in [0.717, 1.165) is 16.7 Å². The number of hydrogen-bond acceptors (Lipinski definition) is 6. The van der Waals surface area contributed by atoms with Gasteiger partial charge in [-0.25, -0.2) is 18.0 Å². The molecule has 3 atom stereocenters. The molecule has 1 heterocycles. The minimum Gasteiger partial charge on any atom is -0.458 e. The fourth-order valence-electron chi connectivity index (χ4n) is 5.24. The Balaban J connectivity index is 1.34. The van der Waals surface area contributed by atoms with Crippen molar-refractivity contribution < 1.29 is 27.5 Å². The van der Waals surface area contributed by atoms with Crippen LogP contribution >= 0.6 is 11.6 Å². The van der Waals surface area contributed by atoms with E-state index >= 15 is 0 Å². The molecule has 0 saturated carbocycles. The first-order chi connectivity index (χ1) is 20.6. The second-order valence-corrected chi connectivity index (χ2v) is 12.9. The first-order valence-electron chi connectivity index (χ1n) is 14.2. The molecule has 3 aromatic rings. The number of aryl methyl sites for hydroxylation is 3. The third kappa shape index (κ3) is 8.69. The lowest BCUT2D eigenvalue weighted by Gasteiger charge is -2.13. The lowest BCUT2D eigenvalue weighted by atomic mass is 10.1. The van der Waals surface area contributed by atoms with Crippen molar-refractivity contribution in [2.75, 3.05) is 6.54 Å². The van der Waals surface area contributed by atoms with Crippen LogP contribution in [0.2, 0.25) is 5.02 Å². The zero-order valence-electron chi connectivity index (χ0n) is 24.6. The van der Waals surface area contributed by atoms with Crippen LogP contribution in [0.25, 0.3) is 0 Å². The van der Waals surface area contributed by atoms with Crippen LogP contribution in [0.3, 0.4) is 0 Å². The number of nitrogens with zero attached hydrogens (tertiary/aromatic N) is 1. The average Bonchev–Trinajstić information content (AvgIpc) is 3.68. The number of carbonyl (C=O) groups excluding carboxylic acids is 2.